The molecule has 2 heterocycles. The van der Waals surface area contributed by atoms with Crippen molar-refractivity contribution >= 4 is 11.6 Å². The van der Waals surface area contributed by atoms with Crippen molar-refractivity contribution < 1.29 is 4.74 Å². The first-order chi connectivity index (χ1) is 10.3. The average molecular weight is 293 g/mol. The summed E-state index contributed by atoms with van der Waals surface area (Å²) in [5.74, 6) is 7.83. The first kappa shape index (κ1) is 16.0. The normalized spacial score (nSPS) is 19.4. The molecule has 1 aliphatic heterocycles. The van der Waals surface area contributed by atoms with E-state index < -0.39 is 0 Å². The second kappa shape index (κ2) is 8.14. The number of hydrogen-bond acceptors (Lipinski definition) is 6. The van der Waals surface area contributed by atoms with Gasteiger partial charge in [0.15, 0.2) is 5.82 Å². The lowest BCUT2D eigenvalue weighted by atomic mass is 10.1. The fourth-order valence-corrected chi connectivity index (χ4v) is 2.87. The topological polar surface area (TPSA) is 76.3 Å². The predicted octanol–water partition coefficient (Wildman–Crippen LogP) is 2.46. The molecule has 21 heavy (non-hydrogen) atoms. The van der Waals surface area contributed by atoms with E-state index in [1.54, 1.807) is 0 Å². The molecule has 0 bridgehead atoms. The summed E-state index contributed by atoms with van der Waals surface area (Å²) in [7, 11) is 0. The number of ether oxygens (including phenoxy) is 1. The van der Waals surface area contributed by atoms with Gasteiger partial charge >= 0.3 is 0 Å². The summed E-state index contributed by atoms with van der Waals surface area (Å²) < 4.78 is 5.43. The second-order valence-electron chi connectivity index (χ2n) is 5.41. The van der Waals surface area contributed by atoms with Gasteiger partial charge in [-0.15, -0.1) is 0 Å². The van der Waals surface area contributed by atoms with Crippen LogP contribution in [0.2, 0.25) is 0 Å². The predicted molar refractivity (Wildman–Crippen MR) is 85.1 cm³/mol. The van der Waals surface area contributed by atoms with Crippen molar-refractivity contribution in [2.75, 3.05) is 23.5 Å². The van der Waals surface area contributed by atoms with E-state index in [0.717, 1.165) is 18.8 Å². The Hall–Kier alpha value is -1.40. The summed E-state index contributed by atoms with van der Waals surface area (Å²) in [5, 5.41) is 0. The van der Waals surface area contributed by atoms with Crippen molar-refractivity contribution in [1.82, 2.24) is 9.97 Å². The molecule has 1 unspecified atom stereocenters. The highest BCUT2D eigenvalue weighted by atomic mass is 16.5. The highest BCUT2D eigenvalue weighted by Crippen LogP contribution is 2.26. The molecule has 1 aliphatic rings. The van der Waals surface area contributed by atoms with Gasteiger partial charge in [0, 0.05) is 25.3 Å². The Kier molecular flexibility index (Phi) is 6.20. The Labute approximate surface area is 127 Å². The first-order valence-corrected chi connectivity index (χ1v) is 7.97. The van der Waals surface area contributed by atoms with Crippen LogP contribution in [0.1, 0.15) is 51.8 Å². The maximum absolute atomic E-state index is 5.54. The van der Waals surface area contributed by atoms with Gasteiger partial charge in [-0.2, -0.15) is 0 Å². The van der Waals surface area contributed by atoms with Gasteiger partial charge in [-0.05, 0) is 26.2 Å². The van der Waals surface area contributed by atoms with Crippen LogP contribution in [0, 0.1) is 0 Å². The molecule has 0 amide bonds. The van der Waals surface area contributed by atoms with Crippen LogP contribution in [0.25, 0.3) is 0 Å². The van der Waals surface area contributed by atoms with Crippen molar-refractivity contribution in [1.29, 1.82) is 0 Å². The number of nitrogens with zero attached hydrogens (tertiary/aromatic N) is 3. The van der Waals surface area contributed by atoms with Crippen LogP contribution >= 0.6 is 0 Å². The summed E-state index contributed by atoms with van der Waals surface area (Å²) in [6, 6.07) is 2.48. The molecule has 6 heteroatoms. The Morgan fingerprint density at radius 1 is 1.33 bits per heavy atom. The molecule has 1 saturated heterocycles. The fraction of sp³-hybridized carbons (Fsp3) is 0.733. The smallest absolute Gasteiger partial charge is 0.158 e. The Morgan fingerprint density at radius 3 is 2.90 bits per heavy atom. The second-order valence-corrected chi connectivity index (χ2v) is 5.41. The van der Waals surface area contributed by atoms with Gasteiger partial charge in [0.25, 0.3) is 0 Å². The zero-order chi connectivity index (χ0) is 15.1. The lowest BCUT2D eigenvalue weighted by molar-refractivity contribution is 0.128. The fourth-order valence-electron chi connectivity index (χ4n) is 2.87. The minimum atomic E-state index is 0.420. The van der Waals surface area contributed by atoms with Crippen molar-refractivity contribution in [3.05, 3.63) is 11.9 Å². The van der Waals surface area contributed by atoms with Gasteiger partial charge in [-0.3, -0.25) is 0 Å². The van der Waals surface area contributed by atoms with Crippen molar-refractivity contribution in [3.63, 3.8) is 0 Å². The summed E-state index contributed by atoms with van der Waals surface area (Å²) in [5.41, 5.74) is 2.64. The molecule has 6 nitrogen and oxygen atoms in total. The van der Waals surface area contributed by atoms with Gasteiger partial charge in [-0.1, -0.05) is 19.8 Å². The van der Waals surface area contributed by atoms with E-state index in [1.807, 2.05) is 13.0 Å². The monoisotopic (exact) mass is 293 g/mol. The van der Waals surface area contributed by atoms with E-state index in [1.165, 1.54) is 25.7 Å². The number of nitrogens with one attached hydrogen (secondary N) is 1. The van der Waals surface area contributed by atoms with Gasteiger partial charge in [0.1, 0.15) is 18.2 Å². The summed E-state index contributed by atoms with van der Waals surface area (Å²) >= 11 is 0. The number of rotatable bonds is 6. The molecule has 3 N–H and O–H groups in total. The zero-order valence-corrected chi connectivity index (χ0v) is 13.1. The molecule has 1 aromatic rings. The Balaban J connectivity index is 2.26. The van der Waals surface area contributed by atoms with E-state index in [-0.39, 0.29) is 0 Å². The molecule has 1 aromatic heterocycles. The average Bonchev–Trinajstić information content (AvgIpc) is 2.77. The largest absolute Gasteiger partial charge is 0.374 e. The molecule has 0 aliphatic carbocycles. The zero-order valence-electron chi connectivity index (χ0n) is 13.1. The van der Waals surface area contributed by atoms with Gasteiger partial charge < -0.3 is 15.1 Å². The standard InChI is InChI=1S/C15H27N5O/c1-3-12-8-6-5-7-9-20(12)15-10-13(19-16)17-14(18-15)11-21-4-2/h10,12H,3-9,11,16H2,1-2H3,(H,17,18,19). The number of nitrogen functional groups attached to an aromatic ring is 1. The minimum absolute atomic E-state index is 0.420. The maximum atomic E-state index is 5.54. The highest BCUT2D eigenvalue weighted by Gasteiger charge is 2.21. The molecular formula is C15H27N5O. The number of hydrazine groups is 1. The Bertz CT molecular complexity index is 440. The van der Waals surface area contributed by atoms with Crippen LogP contribution in [0.3, 0.4) is 0 Å². The quantitative estimate of drug-likeness (QED) is 0.620. The van der Waals surface area contributed by atoms with Crippen molar-refractivity contribution in [2.24, 2.45) is 5.84 Å². The number of anilines is 2. The molecule has 0 aromatic carbocycles. The van der Waals surface area contributed by atoms with Gasteiger partial charge in [-0.25, -0.2) is 15.8 Å². The third-order valence-electron chi connectivity index (χ3n) is 3.98. The van der Waals surface area contributed by atoms with Crippen LogP contribution in [0.5, 0.6) is 0 Å². The molecule has 1 fully saturated rings. The Morgan fingerprint density at radius 2 is 2.19 bits per heavy atom. The summed E-state index contributed by atoms with van der Waals surface area (Å²) in [6.07, 6.45) is 6.18. The molecule has 0 radical (unpaired) electrons. The molecule has 118 valence electrons. The molecule has 0 saturated carbocycles. The minimum Gasteiger partial charge on any atom is -0.374 e. The lowest BCUT2D eigenvalue weighted by Crippen LogP contribution is -2.35. The summed E-state index contributed by atoms with van der Waals surface area (Å²) in [6.45, 7) is 6.33. The first-order valence-electron chi connectivity index (χ1n) is 7.97. The van der Waals surface area contributed by atoms with E-state index in [9.17, 15) is 0 Å². The van der Waals surface area contributed by atoms with Crippen LogP contribution in [-0.4, -0.2) is 29.2 Å². The third kappa shape index (κ3) is 4.28. The van der Waals surface area contributed by atoms with Crippen LogP contribution in [0.15, 0.2) is 6.07 Å². The van der Waals surface area contributed by atoms with E-state index >= 15 is 0 Å². The summed E-state index contributed by atoms with van der Waals surface area (Å²) in [4.78, 5) is 11.4. The molecular weight excluding hydrogens is 266 g/mol. The van der Waals surface area contributed by atoms with Gasteiger partial charge in [0.2, 0.25) is 0 Å². The number of nitrogens with two attached hydrogens (primary N) is 1. The third-order valence-corrected chi connectivity index (χ3v) is 3.98. The highest BCUT2D eigenvalue weighted by molar-refractivity contribution is 5.49. The van der Waals surface area contributed by atoms with Crippen LogP contribution in [-0.2, 0) is 11.3 Å². The maximum Gasteiger partial charge on any atom is 0.158 e. The SMILES string of the molecule is CCOCc1nc(NN)cc(N2CCCCCC2CC)n1. The van der Waals surface area contributed by atoms with Crippen molar-refractivity contribution in [3.8, 4) is 0 Å². The number of hydrogen-bond donors (Lipinski definition) is 2. The van der Waals surface area contributed by atoms with E-state index in [2.05, 4.69) is 27.2 Å². The van der Waals surface area contributed by atoms with Gasteiger partial charge in [0.05, 0.1) is 0 Å². The van der Waals surface area contributed by atoms with Crippen molar-refractivity contribution in [2.45, 2.75) is 58.6 Å². The molecule has 0 spiro atoms. The van der Waals surface area contributed by atoms with Crippen LogP contribution < -0.4 is 16.2 Å². The van der Waals surface area contributed by atoms with E-state index in [0.29, 0.717) is 30.9 Å². The molecule has 1 atom stereocenters. The molecule has 2 rings (SSSR count). The lowest BCUT2D eigenvalue weighted by Gasteiger charge is -2.30. The van der Waals surface area contributed by atoms with Crippen LogP contribution in [0.4, 0.5) is 11.6 Å². The number of aromatic nitrogens is 2. The van der Waals surface area contributed by atoms with E-state index in [4.69, 9.17) is 10.6 Å².